The molecule has 9 heteroatoms. The lowest BCUT2D eigenvalue weighted by Gasteiger charge is -2.33. The van der Waals surface area contributed by atoms with Gasteiger partial charge in [-0.15, -0.1) is 0 Å². The first-order valence-corrected chi connectivity index (χ1v) is 9.67. The predicted molar refractivity (Wildman–Crippen MR) is 106 cm³/mol. The lowest BCUT2D eigenvalue weighted by atomic mass is 9.93. The number of halogens is 4. The number of Topliss-reactive ketones (excluding diaryl/α,β-unsaturated/α-hetero) is 1. The summed E-state index contributed by atoms with van der Waals surface area (Å²) in [7, 11) is 0. The van der Waals surface area contributed by atoms with Crippen LogP contribution in [0.2, 0.25) is 0 Å². The molecule has 0 aliphatic carbocycles. The molecule has 2 aromatic rings. The molecule has 0 spiro atoms. The minimum Gasteiger partial charge on any atom is -0.395 e. The van der Waals surface area contributed by atoms with Crippen LogP contribution in [0, 0.1) is 12.7 Å². The third-order valence-corrected chi connectivity index (χ3v) is 5.35. The van der Waals surface area contributed by atoms with Crippen molar-refractivity contribution in [2.45, 2.75) is 39.0 Å². The van der Waals surface area contributed by atoms with E-state index in [-0.39, 0.29) is 37.0 Å². The first-order valence-electron chi connectivity index (χ1n) is 9.67. The van der Waals surface area contributed by atoms with Gasteiger partial charge in [-0.05, 0) is 42.7 Å². The van der Waals surface area contributed by atoms with Gasteiger partial charge in [-0.2, -0.15) is 13.2 Å². The molecular weight excluding hydrogens is 416 g/mol. The van der Waals surface area contributed by atoms with Crippen LogP contribution in [-0.2, 0) is 23.9 Å². The van der Waals surface area contributed by atoms with Gasteiger partial charge in [0.1, 0.15) is 5.82 Å². The molecule has 0 fully saturated rings. The van der Waals surface area contributed by atoms with Gasteiger partial charge in [-0.25, -0.2) is 4.39 Å². The molecule has 0 unspecified atom stereocenters. The largest absolute Gasteiger partial charge is 0.419 e. The molecule has 5 nitrogen and oxygen atoms in total. The number of aryl methyl sites for hydroxylation is 1. The van der Waals surface area contributed by atoms with Gasteiger partial charge >= 0.3 is 6.18 Å². The molecule has 2 aromatic carbocycles. The zero-order valence-corrected chi connectivity index (χ0v) is 17.0. The Morgan fingerprint density at radius 1 is 1.23 bits per heavy atom. The highest BCUT2D eigenvalue weighted by Crippen LogP contribution is 2.32. The van der Waals surface area contributed by atoms with Crippen LogP contribution < -0.4 is 5.32 Å². The summed E-state index contributed by atoms with van der Waals surface area (Å²) < 4.78 is 51.9. The fourth-order valence-electron chi connectivity index (χ4n) is 3.59. The van der Waals surface area contributed by atoms with Gasteiger partial charge in [0.15, 0.2) is 5.78 Å². The summed E-state index contributed by atoms with van der Waals surface area (Å²) in [5.41, 5.74) is 0.780. The summed E-state index contributed by atoms with van der Waals surface area (Å²) in [6.45, 7) is 3.95. The number of carbonyl (C=O) groups excluding carboxylic acids is 2. The van der Waals surface area contributed by atoms with E-state index >= 15 is 0 Å². The number of nitrogens with zero attached hydrogens (tertiary/aromatic N) is 1. The third kappa shape index (κ3) is 4.94. The molecule has 166 valence electrons. The Bertz CT molecular complexity index is 1020. The van der Waals surface area contributed by atoms with Crippen molar-refractivity contribution in [3.8, 4) is 0 Å². The molecule has 0 bridgehead atoms. The maximum atomic E-state index is 13.8. The lowest BCUT2D eigenvalue weighted by molar-refractivity contribution is -0.140. The molecular formula is C22H22F4N2O3. The fraction of sp³-hybridized carbons (Fsp3) is 0.364. The van der Waals surface area contributed by atoms with Crippen LogP contribution in [0.3, 0.4) is 0 Å². The second-order valence-corrected chi connectivity index (χ2v) is 7.69. The van der Waals surface area contributed by atoms with Gasteiger partial charge < -0.3 is 10.4 Å². The SMILES string of the molecule is Cc1ccc2c(c1NC(=O)Cc1ccc(C(F)(F)F)c(F)c1)C(=O)CN([C@H](C)CO)C2. The standard InChI is InChI=1S/C22H22F4N2O3/c1-12-3-5-15-9-28(13(2)11-29)10-18(30)20(15)21(12)27-19(31)8-14-4-6-16(17(23)7-14)22(24,25)26/h3-7,13,29H,8-11H2,1-2H3,(H,27,31)/t13-/m1/s1. The smallest absolute Gasteiger partial charge is 0.395 e. The van der Waals surface area contributed by atoms with Crippen LogP contribution in [0.15, 0.2) is 30.3 Å². The zero-order chi connectivity index (χ0) is 22.9. The summed E-state index contributed by atoms with van der Waals surface area (Å²) in [4.78, 5) is 27.1. The van der Waals surface area contributed by atoms with Crippen molar-refractivity contribution < 1.29 is 32.3 Å². The van der Waals surface area contributed by atoms with Crippen molar-refractivity contribution in [3.63, 3.8) is 0 Å². The van der Waals surface area contributed by atoms with E-state index in [1.165, 1.54) is 0 Å². The fourth-order valence-corrected chi connectivity index (χ4v) is 3.59. The highest BCUT2D eigenvalue weighted by atomic mass is 19.4. The average Bonchev–Trinajstić information content (AvgIpc) is 2.68. The number of rotatable bonds is 5. The molecule has 31 heavy (non-hydrogen) atoms. The van der Waals surface area contributed by atoms with Gasteiger partial charge in [0, 0.05) is 18.2 Å². The molecule has 0 saturated carbocycles. The van der Waals surface area contributed by atoms with Gasteiger partial charge in [0.25, 0.3) is 0 Å². The summed E-state index contributed by atoms with van der Waals surface area (Å²) in [6, 6.07) is 5.69. The Kier molecular flexibility index (Phi) is 6.47. The first-order chi connectivity index (χ1) is 14.5. The molecule has 1 aliphatic rings. The van der Waals surface area contributed by atoms with E-state index in [2.05, 4.69) is 5.32 Å². The number of alkyl halides is 3. The number of carbonyl (C=O) groups is 2. The quantitative estimate of drug-likeness (QED) is 0.699. The Morgan fingerprint density at radius 3 is 2.55 bits per heavy atom. The number of amides is 1. The predicted octanol–water partition coefficient (Wildman–Crippen LogP) is 3.71. The average molecular weight is 438 g/mol. The van der Waals surface area contributed by atoms with E-state index in [9.17, 15) is 32.3 Å². The molecule has 0 saturated heterocycles. The van der Waals surface area contributed by atoms with Crippen molar-refractivity contribution in [2.24, 2.45) is 0 Å². The second kappa shape index (κ2) is 8.76. The maximum absolute atomic E-state index is 13.8. The topological polar surface area (TPSA) is 69.6 Å². The van der Waals surface area contributed by atoms with Crippen LogP contribution in [-0.4, -0.2) is 40.9 Å². The van der Waals surface area contributed by atoms with Crippen LogP contribution in [0.4, 0.5) is 23.2 Å². The van der Waals surface area contributed by atoms with E-state index in [0.29, 0.717) is 41.1 Å². The third-order valence-electron chi connectivity index (χ3n) is 5.35. The van der Waals surface area contributed by atoms with Crippen LogP contribution in [0.25, 0.3) is 0 Å². The van der Waals surface area contributed by atoms with E-state index in [0.717, 1.165) is 6.07 Å². The normalized spacial score (nSPS) is 15.5. The lowest BCUT2D eigenvalue weighted by Crippen LogP contribution is -2.42. The Morgan fingerprint density at radius 2 is 1.94 bits per heavy atom. The molecule has 1 heterocycles. The van der Waals surface area contributed by atoms with E-state index in [1.807, 2.05) is 4.90 Å². The summed E-state index contributed by atoms with van der Waals surface area (Å²) in [6.07, 6.45) is -5.16. The van der Waals surface area contributed by atoms with Crippen molar-refractivity contribution >= 4 is 17.4 Å². The molecule has 3 rings (SSSR count). The van der Waals surface area contributed by atoms with Crippen molar-refractivity contribution in [1.82, 2.24) is 4.90 Å². The number of hydrogen-bond donors (Lipinski definition) is 2. The monoisotopic (exact) mass is 438 g/mol. The highest BCUT2D eigenvalue weighted by molar-refractivity contribution is 6.08. The number of nitrogens with one attached hydrogen (secondary N) is 1. The van der Waals surface area contributed by atoms with Gasteiger partial charge in [-0.1, -0.05) is 18.2 Å². The van der Waals surface area contributed by atoms with E-state index in [4.69, 9.17) is 0 Å². The molecule has 2 N–H and O–H groups in total. The number of hydrogen-bond acceptors (Lipinski definition) is 4. The summed E-state index contributed by atoms with van der Waals surface area (Å²) >= 11 is 0. The molecule has 0 aromatic heterocycles. The van der Waals surface area contributed by atoms with Crippen molar-refractivity contribution in [2.75, 3.05) is 18.5 Å². The van der Waals surface area contributed by atoms with Crippen LogP contribution in [0.1, 0.15) is 39.5 Å². The number of aliphatic hydroxyl groups is 1. The minimum atomic E-state index is -4.81. The summed E-state index contributed by atoms with van der Waals surface area (Å²) in [5, 5.41) is 12.0. The number of anilines is 1. The Balaban J connectivity index is 1.81. The zero-order valence-electron chi connectivity index (χ0n) is 17.0. The molecule has 1 aliphatic heterocycles. The number of ketones is 1. The van der Waals surface area contributed by atoms with E-state index in [1.54, 1.807) is 26.0 Å². The van der Waals surface area contributed by atoms with E-state index < -0.39 is 23.5 Å². The van der Waals surface area contributed by atoms with Gasteiger partial charge in [-0.3, -0.25) is 14.5 Å². The van der Waals surface area contributed by atoms with Crippen LogP contribution >= 0.6 is 0 Å². The minimum absolute atomic E-state index is 0.0831. The summed E-state index contributed by atoms with van der Waals surface area (Å²) in [5.74, 6) is -2.23. The molecule has 1 amide bonds. The highest BCUT2D eigenvalue weighted by Gasteiger charge is 2.34. The van der Waals surface area contributed by atoms with Crippen LogP contribution in [0.5, 0.6) is 0 Å². The molecule has 1 atom stereocenters. The molecule has 0 radical (unpaired) electrons. The Hall–Kier alpha value is -2.78. The van der Waals surface area contributed by atoms with Crippen molar-refractivity contribution in [3.05, 3.63) is 64.0 Å². The first kappa shape index (κ1) is 22.9. The van der Waals surface area contributed by atoms with Gasteiger partial charge in [0.2, 0.25) is 5.91 Å². The second-order valence-electron chi connectivity index (χ2n) is 7.69. The van der Waals surface area contributed by atoms with Crippen molar-refractivity contribution in [1.29, 1.82) is 0 Å². The van der Waals surface area contributed by atoms with Gasteiger partial charge in [0.05, 0.1) is 30.8 Å². The number of benzene rings is 2. The number of aliphatic hydroxyl groups excluding tert-OH is 1. The number of fused-ring (bicyclic) bond motifs is 1. The Labute approximate surface area is 176 Å². The maximum Gasteiger partial charge on any atom is 0.419 e.